The van der Waals surface area contributed by atoms with Gasteiger partial charge in [-0.3, -0.25) is 0 Å². The molecule has 0 fully saturated rings. The summed E-state index contributed by atoms with van der Waals surface area (Å²) >= 11 is 1.63. The zero-order chi connectivity index (χ0) is 12.8. The van der Waals surface area contributed by atoms with Gasteiger partial charge in [-0.2, -0.15) is 0 Å². The molecule has 0 aliphatic heterocycles. The van der Waals surface area contributed by atoms with Crippen LogP contribution in [0.2, 0.25) is 0 Å². The maximum absolute atomic E-state index is 11.9. The van der Waals surface area contributed by atoms with E-state index in [-0.39, 0.29) is 6.03 Å². The number of amides is 2. The maximum Gasteiger partial charge on any atom is 0.321 e. The third kappa shape index (κ3) is 4.30. The van der Waals surface area contributed by atoms with Gasteiger partial charge in [-0.25, -0.2) is 4.79 Å². The van der Waals surface area contributed by atoms with E-state index < -0.39 is 0 Å². The number of urea groups is 1. The Balaban J connectivity index is 2.67. The molecule has 0 bridgehead atoms. The van der Waals surface area contributed by atoms with Crippen molar-refractivity contribution in [1.29, 1.82) is 0 Å². The Hall–Kier alpha value is -1.16. The van der Waals surface area contributed by atoms with Crippen LogP contribution < -0.4 is 5.32 Å². The number of benzene rings is 1. The average Bonchev–Trinajstić information content (AvgIpc) is 2.28. The second-order valence-electron chi connectivity index (χ2n) is 4.40. The van der Waals surface area contributed by atoms with Crippen LogP contribution in [-0.4, -0.2) is 30.8 Å². The highest BCUT2D eigenvalue weighted by Gasteiger charge is 2.11. The summed E-state index contributed by atoms with van der Waals surface area (Å²) in [4.78, 5) is 14.7. The number of carbonyl (C=O) groups is 1. The molecule has 3 nitrogen and oxygen atoms in total. The van der Waals surface area contributed by atoms with Crippen LogP contribution in [0.25, 0.3) is 0 Å². The molecule has 17 heavy (non-hydrogen) atoms. The van der Waals surface area contributed by atoms with Crippen molar-refractivity contribution in [3.63, 3.8) is 0 Å². The average molecular weight is 252 g/mol. The first-order chi connectivity index (χ1) is 8.04. The highest BCUT2D eigenvalue weighted by Crippen LogP contribution is 2.24. The summed E-state index contributed by atoms with van der Waals surface area (Å²) in [7, 11) is 1.82. The van der Waals surface area contributed by atoms with Gasteiger partial charge in [0.15, 0.2) is 0 Å². The quantitative estimate of drug-likeness (QED) is 0.831. The minimum Gasteiger partial charge on any atom is -0.327 e. The molecular weight excluding hydrogens is 232 g/mol. The molecule has 0 unspecified atom stereocenters. The van der Waals surface area contributed by atoms with Crippen LogP contribution in [-0.2, 0) is 0 Å². The summed E-state index contributed by atoms with van der Waals surface area (Å²) in [6.07, 6.45) is 2.00. The second-order valence-corrected chi connectivity index (χ2v) is 5.25. The fraction of sp³-hybridized carbons (Fsp3) is 0.462. The first-order valence-electron chi connectivity index (χ1n) is 5.69. The molecule has 0 atom stereocenters. The van der Waals surface area contributed by atoms with Gasteiger partial charge in [-0.1, -0.05) is 26.0 Å². The van der Waals surface area contributed by atoms with E-state index in [1.54, 1.807) is 16.7 Å². The van der Waals surface area contributed by atoms with E-state index in [1.807, 2.05) is 37.6 Å². The molecule has 0 aliphatic rings. The molecule has 0 spiro atoms. The molecule has 2 amide bonds. The van der Waals surface area contributed by atoms with Crippen LogP contribution >= 0.6 is 11.8 Å². The Kier molecular flexibility index (Phi) is 5.35. The van der Waals surface area contributed by atoms with E-state index in [9.17, 15) is 4.79 Å². The van der Waals surface area contributed by atoms with E-state index in [1.165, 1.54) is 0 Å². The normalized spacial score (nSPS) is 10.4. The first kappa shape index (κ1) is 13.9. The monoisotopic (exact) mass is 252 g/mol. The standard InChI is InChI=1S/C13H20N2OS/c1-10(2)9-15(3)13(16)14-11-7-5-6-8-12(11)17-4/h5-8,10H,9H2,1-4H3,(H,14,16). The van der Waals surface area contributed by atoms with Crippen molar-refractivity contribution in [1.82, 2.24) is 4.90 Å². The second kappa shape index (κ2) is 6.55. The van der Waals surface area contributed by atoms with E-state index in [0.717, 1.165) is 17.1 Å². The van der Waals surface area contributed by atoms with Gasteiger partial charge in [0.1, 0.15) is 0 Å². The summed E-state index contributed by atoms with van der Waals surface area (Å²) in [5, 5.41) is 2.93. The van der Waals surface area contributed by atoms with E-state index in [0.29, 0.717) is 5.92 Å². The van der Waals surface area contributed by atoms with Crippen LogP contribution in [0.3, 0.4) is 0 Å². The largest absolute Gasteiger partial charge is 0.327 e. The molecule has 1 rings (SSSR count). The summed E-state index contributed by atoms with van der Waals surface area (Å²) in [6.45, 7) is 4.95. The summed E-state index contributed by atoms with van der Waals surface area (Å²) in [5.41, 5.74) is 0.876. The van der Waals surface area contributed by atoms with Gasteiger partial charge in [0.25, 0.3) is 0 Å². The number of anilines is 1. The van der Waals surface area contributed by atoms with E-state index >= 15 is 0 Å². The van der Waals surface area contributed by atoms with Crippen molar-refractivity contribution < 1.29 is 4.79 Å². The molecule has 0 heterocycles. The van der Waals surface area contributed by atoms with Gasteiger partial charge in [0.2, 0.25) is 0 Å². The molecule has 0 aromatic heterocycles. The highest BCUT2D eigenvalue weighted by atomic mass is 32.2. The van der Waals surface area contributed by atoms with Crippen molar-refractivity contribution in [2.75, 3.05) is 25.2 Å². The summed E-state index contributed by atoms with van der Waals surface area (Å²) in [5.74, 6) is 0.474. The molecule has 4 heteroatoms. The lowest BCUT2D eigenvalue weighted by molar-refractivity contribution is 0.217. The van der Waals surface area contributed by atoms with E-state index in [2.05, 4.69) is 19.2 Å². The minimum absolute atomic E-state index is 0.0554. The van der Waals surface area contributed by atoms with Crippen molar-refractivity contribution in [3.05, 3.63) is 24.3 Å². The topological polar surface area (TPSA) is 32.3 Å². The number of thioether (sulfide) groups is 1. The van der Waals surface area contributed by atoms with Gasteiger partial charge in [-0.15, -0.1) is 11.8 Å². The van der Waals surface area contributed by atoms with Crippen LogP contribution in [0.5, 0.6) is 0 Å². The zero-order valence-corrected chi connectivity index (χ0v) is 11.7. The Morgan fingerprint density at radius 3 is 2.65 bits per heavy atom. The van der Waals surface area contributed by atoms with Crippen LogP contribution in [0.4, 0.5) is 10.5 Å². The molecule has 0 radical (unpaired) electrons. The lowest BCUT2D eigenvalue weighted by Gasteiger charge is -2.20. The Labute approximate surface area is 108 Å². The zero-order valence-electron chi connectivity index (χ0n) is 10.9. The van der Waals surface area contributed by atoms with Gasteiger partial charge in [-0.05, 0) is 24.3 Å². The number of hydrogen-bond acceptors (Lipinski definition) is 2. The first-order valence-corrected chi connectivity index (χ1v) is 6.92. The number of nitrogens with zero attached hydrogens (tertiary/aromatic N) is 1. The smallest absolute Gasteiger partial charge is 0.321 e. The van der Waals surface area contributed by atoms with Gasteiger partial charge in [0.05, 0.1) is 5.69 Å². The number of nitrogens with one attached hydrogen (secondary N) is 1. The molecule has 0 saturated heterocycles. The highest BCUT2D eigenvalue weighted by molar-refractivity contribution is 7.98. The number of hydrogen-bond donors (Lipinski definition) is 1. The fourth-order valence-corrected chi connectivity index (χ4v) is 2.14. The predicted molar refractivity (Wildman–Crippen MR) is 74.7 cm³/mol. The Morgan fingerprint density at radius 2 is 2.06 bits per heavy atom. The fourth-order valence-electron chi connectivity index (χ4n) is 1.59. The molecular formula is C13H20N2OS. The summed E-state index contributed by atoms with van der Waals surface area (Å²) < 4.78 is 0. The van der Waals surface area contributed by atoms with Gasteiger partial charge < -0.3 is 10.2 Å². The molecule has 1 aromatic carbocycles. The molecule has 1 N–H and O–H groups in total. The lowest BCUT2D eigenvalue weighted by atomic mass is 10.2. The van der Waals surface area contributed by atoms with Crippen molar-refractivity contribution >= 4 is 23.5 Å². The third-order valence-electron chi connectivity index (χ3n) is 2.33. The maximum atomic E-state index is 11.9. The van der Waals surface area contributed by atoms with Crippen molar-refractivity contribution in [2.24, 2.45) is 5.92 Å². The van der Waals surface area contributed by atoms with Crippen LogP contribution in [0, 0.1) is 5.92 Å². The number of carbonyl (C=O) groups excluding carboxylic acids is 1. The molecule has 1 aromatic rings. The molecule has 0 aliphatic carbocycles. The van der Waals surface area contributed by atoms with Gasteiger partial charge in [0, 0.05) is 18.5 Å². The SMILES string of the molecule is CSc1ccccc1NC(=O)N(C)CC(C)C. The van der Waals surface area contributed by atoms with E-state index in [4.69, 9.17) is 0 Å². The predicted octanol–water partition coefficient (Wildman–Crippen LogP) is 3.53. The molecule has 94 valence electrons. The Bertz CT molecular complexity index is 379. The van der Waals surface area contributed by atoms with Crippen LogP contribution in [0.15, 0.2) is 29.2 Å². The Morgan fingerprint density at radius 1 is 1.41 bits per heavy atom. The lowest BCUT2D eigenvalue weighted by Crippen LogP contribution is -2.34. The number of rotatable bonds is 4. The molecule has 0 saturated carbocycles. The number of para-hydroxylation sites is 1. The third-order valence-corrected chi connectivity index (χ3v) is 3.13. The van der Waals surface area contributed by atoms with Crippen molar-refractivity contribution in [2.45, 2.75) is 18.7 Å². The van der Waals surface area contributed by atoms with Crippen molar-refractivity contribution in [3.8, 4) is 0 Å². The van der Waals surface area contributed by atoms with Gasteiger partial charge >= 0.3 is 6.03 Å². The summed E-state index contributed by atoms with van der Waals surface area (Å²) in [6, 6.07) is 7.77. The van der Waals surface area contributed by atoms with Crippen LogP contribution in [0.1, 0.15) is 13.8 Å². The minimum atomic E-state index is -0.0554.